The monoisotopic (exact) mass is 521 g/mol. The summed E-state index contributed by atoms with van der Waals surface area (Å²) in [5.41, 5.74) is 5.54. The maximum atomic E-state index is 12.2. The molecule has 1 aromatic carbocycles. The molecule has 142 valence electrons. The summed E-state index contributed by atoms with van der Waals surface area (Å²) in [7, 11) is 0. The summed E-state index contributed by atoms with van der Waals surface area (Å²) in [6.45, 7) is 0.474. The molecule has 2 aromatic rings. The molecule has 6 nitrogen and oxygen atoms in total. The number of benzene rings is 1. The number of anilines is 1. The first-order valence-electron chi connectivity index (χ1n) is 8.50. The van der Waals surface area contributed by atoms with E-state index in [0.29, 0.717) is 22.6 Å². The van der Waals surface area contributed by atoms with Crippen LogP contribution in [-0.4, -0.2) is 29.2 Å². The summed E-state index contributed by atoms with van der Waals surface area (Å²) < 4.78 is 1.48. The van der Waals surface area contributed by atoms with Gasteiger partial charge >= 0.3 is 0 Å². The Morgan fingerprint density at radius 1 is 1.29 bits per heavy atom. The van der Waals surface area contributed by atoms with Gasteiger partial charge in [0.15, 0.2) is 6.04 Å². The Kier molecular flexibility index (Phi) is 5.58. The summed E-state index contributed by atoms with van der Waals surface area (Å²) in [6, 6.07) is 6.78. The van der Waals surface area contributed by atoms with Crippen molar-refractivity contribution in [2.24, 2.45) is 11.0 Å². The molecule has 2 aliphatic heterocycles. The molecule has 9 heteroatoms. The second-order valence-corrected chi connectivity index (χ2v) is 8.32. The number of hydrogen-bond donors (Lipinski definition) is 3. The smallest absolute Gasteiger partial charge is 0.255 e. The van der Waals surface area contributed by atoms with Gasteiger partial charge in [0.25, 0.3) is 5.91 Å². The van der Waals surface area contributed by atoms with E-state index in [4.69, 9.17) is 11.6 Å². The average molecular weight is 524 g/mol. The Morgan fingerprint density at radius 3 is 3.00 bits per heavy atom. The van der Waals surface area contributed by atoms with Crippen LogP contribution < -0.4 is 16.1 Å². The van der Waals surface area contributed by atoms with E-state index in [-0.39, 0.29) is 11.8 Å². The quantitative estimate of drug-likeness (QED) is 0.319. The number of halogens is 3. The van der Waals surface area contributed by atoms with Crippen LogP contribution in [0.1, 0.15) is 6.42 Å². The van der Waals surface area contributed by atoms with Gasteiger partial charge in [-0.1, -0.05) is 39.4 Å². The number of nitrogens with zero attached hydrogens (tertiary/aromatic N) is 2. The molecule has 2 atom stereocenters. The summed E-state index contributed by atoms with van der Waals surface area (Å²) in [4.78, 5) is 16.6. The van der Waals surface area contributed by atoms with Crippen LogP contribution in [0.4, 0.5) is 5.69 Å². The van der Waals surface area contributed by atoms with Crippen molar-refractivity contribution >= 4 is 71.7 Å². The van der Waals surface area contributed by atoms with Gasteiger partial charge in [0.05, 0.1) is 27.4 Å². The Morgan fingerprint density at radius 2 is 2.14 bits per heavy atom. The molecule has 0 radical (unpaired) electrons. The lowest BCUT2D eigenvalue weighted by Crippen LogP contribution is -2.43. The van der Waals surface area contributed by atoms with Crippen LogP contribution in [-0.2, 0) is 4.79 Å². The van der Waals surface area contributed by atoms with Gasteiger partial charge in [0.2, 0.25) is 0 Å². The van der Waals surface area contributed by atoms with Crippen molar-refractivity contribution in [3.05, 3.63) is 44.6 Å². The van der Waals surface area contributed by atoms with E-state index in [1.54, 1.807) is 6.20 Å². The minimum Gasteiger partial charge on any atom is -0.357 e. The predicted molar refractivity (Wildman–Crippen MR) is 119 cm³/mol. The lowest BCUT2D eigenvalue weighted by atomic mass is 10.0. The molecule has 3 heterocycles. The molecule has 28 heavy (non-hydrogen) atoms. The van der Waals surface area contributed by atoms with E-state index >= 15 is 0 Å². The van der Waals surface area contributed by atoms with Gasteiger partial charge in [-0.2, -0.15) is 5.10 Å². The number of carbonyl (C=O) groups excluding carboxylic acids is 1. The molecule has 3 N–H and O–H groups in total. The zero-order valence-corrected chi connectivity index (χ0v) is 18.3. The van der Waals surface area contributed by atoms with Crippen molar-refractivity contribution in [3.63, 3.8) is 0 Å². The molecular formula is C19H14Br2ClN5O. The molecule has 0 aliphatic carbocycles. The van der Waals surface area contributed by atoms with E-state index in [1.165, 1.54) is 0 Å². The predicted octanol–water partition coefficient (Wildman–Crippen LogP) is 3.73. The number of allylic oxidation sites excluding steroid dienone is 1. The van der Waals surface area contributed by atoms with Crippen molar-refractivity contribution in [1.29, 1.82) is 0 Å². The van der Waals surface area contributed by atoms with E-state index < -0.39 is 6.04 Å². The minimum atomic E-state index is -0.604. The largest absolute Gasteiger partial charge is 0.357 e. The standard InChI is InChI=1S/C19H14Br2ClN5O/c20-17-12-3-4-15(25-18(17)21)19(28)24-8-6-14(12)27-26-13-5-7-23-16-9-10(22)1-2-11(13)16/h1-2,5,7,9,12,15,25H,6,8H2,(H,23,26)(H,24,28)/b27-14+. The average Bonchev–Trinajstić information content (AvgIpc) is 2.78. The number of fused-ring (bicyclic) bond motifs is 3. The molecule has 2 aliphatic rings. The van der Waals surface area contributed by atoms with Gasteiger partial charge in [-0.3, -0.25) is 15.2 Å². The third kappa shape index (κ3) is 3.88. The number of hydrazone groups is 1. The molecule has 0 fully saturated rings. The highest BCUT2D eigenvalue weighted by molar-refractivity contribution is 9.14. The van der Waals surface area contributed by atoms with Crippen LogP contribution in [0, 0.1) is 17.8 Å². The second-order valence-electron chi connectivity index (χ2n) is 6.24. The fourth-order valence-electron chi connectivity index (χ4n) is 2.98. The van der Waals surface area contributed by atoms with Crippen LogP contribution in [0.15, 0.2) is 44.7 Å². The number of rotatable bonds is 2. The van der Waals surface area contributed by atoms with Crippen molar-refractivity contribution in [2.45, 2.75) is 12.5 Å². The van der Waals surface area contributed by atoms with Crippen LogP contribution in [0.3, 0.4) is 0 Å². The molecular weight excluding hydrogens is 510 g/mol. The Balaban J connectivity index is 1.71. The highest BCUT2D eigenvalue weighted by Gasteiger charge is 2.28. The summed E-state index contributed by atoms with van der Waals surface area (Å²) in [5, 5.41) is 12.1. The second kappa shape index (κ2) is 8.11. The van der Waals surface area contributed by atoms with Crippen LogP contribution in [0.25, 0.3) is 10.9 Å². The van der Waals surface area contributed by atoms with Gasteiger partial charge in [-0.15, -0.1) is 0 Å². The number of pyridine rings is 1. The minimum absolute atomic E-state index is 0.156. The normalized spacial score (nSPS) is 23.1. The van der Waals surface area contributed by atoms with Gasteiger partial charge in [-0.25, -0.2) is 0 Å². The number of hydrogen-bond acceptors (Lipinski definition) is 5. The van der Waals surface area contributed by atoms with Crippen LogP contribution in [0.2, 0.25) is 5.02 Å². The molecule has 2 bridgehead atoms. The molecule has 1 aromatic heterocycles. The van der Waals surface area contributed by atoms with Gasteiger partial charge in [-0.05, 0) is 40.2 Å². The molecule has 1 amide bonds. The van der Waals surface area contributed by atoms with Crippen LogP contribution in [0.5, 0.6) is 0 Å². The first kappa shape index (κ1) is 19.2. The zero-order chi connectivity index (χ0) is 19.7. The van der Waals surface area contributed by atoms with E-state index in [1.807, 2.05) is 24.3 Å². The number of aromatic nitrogens is 1. The number of nitrogens with one attached hydrogen (secondary N) is 3. The van der Waals surface area contributed by atoms with E-state index in [2.05, 4.69) is 69.8 Å². The number of carbonyl (C=O) groups is 1. The molecule has 0 saturated heterocycles. The molecule has 2 unspecified atom stereocenters. The summed E-state index contributed by atoms with van der Waals surface area (Å²) in [6.07, 6.45) is 2.27. The first-order valence-corrected chi connectivity index (χ1v) is 10.5. The maximum absolute atomic E-state index is 12.2. The lowest BCUT2D eigenvalue weighted by molar-refractivity contribution is -0.121. The highest BCUT2D eigenvalue weighted by Crippen LogP contribution is 2.29. The highest BCUT2D eigenvalue weighted by atomic mass is 79.9. The van der Waals surface area contributed by atoms with Crippen molar-refractivity contribution in [1.82, 2.24) is 15.6 Å². The lowest BCUT2D eigenvalue weighted by Gasteiger charge is -2.19. The molecule has 0 saturated carbocycles. The third-order valence-corrected chi connectivity index (χ3v) is 6.68. The van der Waals surface area contributed by atoms with Gasteiger partial charge < -0.3 is 10.6 Å². The first-order chi connectivity index (χ1) is 13.5. The Hall–Kier alpha value is -2.08. The topological polar surface area (TPSA) is 78.4 Å². The van der Waals surface area contributed by atoms with Gasteiger partial charge in [0.1, 0.15) is 0 Å². The van der Waals surface area contributed by atoms with E-state index in [0.717, 1.165) is 26.8 Å². The zero-order valence-electron chi connectivity index (χ0n) is 14.4. The molecule has 4 rings (SSSR count). The SMILES string of the molecule is O=C1NCC/C(=N\Nc2ccnc3cc(Cl)ccc23)C2C#CC1NC(Br)=C2Br. The van der Waals surface area contributed by atoms with E-state index in [9.17, 15) is 4.79 Å². The van der Waals surface area contributed by atoms with Crippen molar-refractivity contribution < 1.29 is 4.79 Å². The number of amides is 1. The summed E-state index contributed by atoms with van der Waals surface area (Å²) in [5.74, 6) is 5.72. The fraction of sp³-hybridized carbons (Fsp3) is 0.211. The maximum Gasteiger partial charge on any atom is 0.255 e. The van der Waals surface area contributed by atoms with Gasteiger partial charge in [0, 0.05) is 34.1 Å². The summed E-state index contributed by atoms with van der Waals surface area (Å²) >= 11 is 13.1. The van der Waals surface area contributed by atoms with Crippen molar-refractivity contribution in [3.8, 4) is 11.8 Å². The third-order valence-electron chi connectivity index (χ3n) is 4.41. The molecule has 0 spiro atoms. The van der Waals surface area contributed by atoms with Crippen LogP contribution >= 0.6 is 43.5 Å². The fourth-order valence-corrected chi connectivity index (χ4v) is 4.10. The van der Waals surface area contributed by atoms with Crippen molar-refractivity contribution in [2.75, 3.05) is 12.0 Å². The Bertz CT molecular complexity index is 1090. The Labute approximate surface area is 183 Å².